The number of hydrogen-bond donors (Lipinski definition) is 0. The van der Waals surface area contributed by atoms with E-state index >= 15 is 0 Å². The Bertz CT molecular complexity index is 775. The summed E-state index contributed by atoms with van der Waals surface area (Å²) in [4.78, 5) is 11.6. The Kier molecular flexibility index (Phi) is 3.09. The van der Waals surface area contributed by atoms with E-state index in [0.29, 0.717) is 11.1 Å². The van der Waals surface area contributed by atoms with Crippen molar-refractivity contribution in [3.05, 3.63) is 28.7 Å². The topological polar surface area (TPSA) is 69.3 Å². The van der Waals surface area contributed by atoms with E-state index in [1.54, 1.807) is 13.1 Å². The third-order valence-corrected chi connectivity index (χ3v) is 4.96. The summed E-state index contributed by atoms with van der Waals surface area (Å²) in [6, 6.07) is 4.52. The first-order valence-electron chi connectivity index (χ1n) is 5.92. The van der Waals surface area contributed by atoms with Crippen LogP contribution >= 0.6 is 0 Å². The molecule has 0 spiro atoms. The zero-order chi connectivity index (χ0) is 14.4. The van der Waals surface area contributed by atoms with Gasteiger partial charge in [-0.2, -0.15) is 0 Å². The average Bonchev–Trinajstić information content (AvgIpc) is 2.51. The van der Waals surface area contributed by atoms with Crippen LogP contribution in [0.5, 0.6) is 0 Å². The molecule has 1 heterocycles. The molecular formula is C13H17NO4S. The number of fused-ring (bicyclic) bond motifs is 1. The maximum atomic E-state index is 12.3. The quantitative estimate of drug-likeness (QED) is 0.844. The zero-order valence-electron chi connectivity index (χ0n) is 11.4. The van der Waals surface area contributed by atoms with Crippen LogP contribution in [0.4, 0.5) is 0 Å². The van der Waals surface area contributed by atoms with E-state index in [0.717, 1.165) is 0 Å². The molecule has 104 valence electrons. The maximum Gasteiger partial charge on any atom is 0.419 e. The van der Waals surface area contributed by atoms with Crippen molar-refractivity contribution < 1.29 is 12.8 Å². The fraction of sp³-hybridized carbons (Fsp3) is 0.462. The van der Waals surface area contributed by atoms with Crippen molar-refractivity contribution in [3.63, 3.8) is 0 Å². The summed E-state index contributed by atoms with van der Waals surface area (Å²) in [5.74, 6) is -0.455. The lowest BCUT2D eigenvalue weighted by Crippen LogP contribution is -2.20. The number of oxazole rings is 1. The lowest BCUT2D eigenvalue weighted by molar-refractivity contribution is 0.461. The number of hydrogen-bond acceptors (Lipinski definition) is 4. The van der Waals surface area contributed by atoms with Gasteiger partial charge in [0.2, 0.25) is 0 Å². The molecule has 6 heteroatoms. The van der Waals surface area contributed by atoms with Crippen LogP contribution in [-0.4, -0.2) is 18.7 Å². The third kappa shape index (κ3) is 2.73. The lowest BCUT2D eigenvalue weighted by atomic mass is 10.0. The van der Waals surface area contributed by atoms with Gasteiger partial charge in [0.1, 0.15) is 0 Å². The summed E-state index contributed by atoms with van der Waals surface area (Å²) >= 11 is 0. The molecule has 1 aromatic carbocycles. The molecule has 2 rings (SSSR count). The summed E-state index contributed by atoms with van der Waals surface area (Å²) in [6.45, 7) is 5.60. The van der Waals surface area contributed by atoms with Crippen molar-refractivity contribution in [3.8, 4) is 0 Å². The van der Waals surface area contributed by atoms with Crippen molar-refractivity contribution in [1.29, 1.82) is 0 Å². The molecule has 0 aliphatic rings. The van der Waals surface area contributed by atoms with Crippen molar-refractivity contribution in [1.82, 2.24) is 4.57 Å². The van der Waals surface area contributed by atoms with Gasteiger partial charge in [-0.1, -0.05) is 20.8 Å². The number of sulfone groups is 1. The van der Waals surface area contributed by atoms with Gasteiger partial charge in [0.25, 0.3) is 0 Å². The van der Waals surface area contributed by atoms with E-state index in [2.05, 4.69) is 0 Å². The van der Waals surface area contributed by atoms with Gasteiger partial charge in [-0.15, -0.1) is 0 Å². The van der Waals surface area contributed by atoms with Gasteiger partial charge in [-0.3, -0.25) is 4.57 Å². The average molecular weight is 283 g/mol. The minimum absolute atomic E-state index is 0.0442. The van der Waals surface area contributed by atoms with Crippen LogP contribution < -0.4 is 5.76 Å². The molecule has 0 unspecified atom stereocenters. The van der Waals surface area contributed by atoms with Crippen molar-refractivity contribution in [2.24, 2.45) is 12.5 Å². The normalized spacial score (nSPS) is 13.1. The summed E-state index contributed by atoms with van der Waals surface area (Å²) in [6.07, 6.45) is 0. The van der Waals surface area contributed by atoms with Crippen LogP contribution in [0.3, 0.4) is 0 Å². The monoisotopic (exact) mass is 283 g/mol. The third-order valence-electron chi connectivity index (χ3n) is 2.75. The highest BCUT2D eigenvalue weighted by Gasteiger charge is 2.24. The van der Waals surface area contributed by atoms with Crippen LogP contribution in [0.25, 0.3) is 11.1 Å². The Balaban J connectivity index is 2.55. The van der Waals surface area contributed by atoms with E-state index in [9.17, 15) is 13.2 Å². The number of rotatable bonds is 2. The maximum absolute atomic E-state index is 12.3. The smallest absolute Gasteiger partial charge is 0.408 e. The Morgan fingerprint density at radius 1 is 1.26 bits per heavy atom. The molecule has 19 heavy (non-hydrogen) atoms. The number of benzene rings is 1. The summed E-state index contributed by atoms with van der Waals surface area (Å²) in [5, 5.41) is 0. The van der Waals surface area contributed by atoms with Crippen LogP contribution in [0.2, 0.25) is 0 Å². The van der Waals surface area contributed by atoms with Crippen LogP contribution in [0.15, 0.2) is 32.3 Å². The highest BCUT2D eigenvalue weighted by atomic mass is 32.2. The van der Waals surface area contributed by atoms with Gasteiger partial charge in [0.05, 0.1) is 16.2 Å². The summed E-state index contributed by atoms with van der Waals surface area (Å²) in [7, 11) is -1.80. The zero-order valence-corrected chi connectivity index (χ0v) is 12.2. The fourth-order valence-electron chi connectivity index (χ4n) is 1.96. The molecule has 5 nitrogen and oxygen atoms in total. The Morgan fingerprint density at radius 2 is 1.89 bits per heavy atom. The number of aryl methyl sites for hydroxylation is 1. The van der Waals surface area contributed by atoms with Crippen LogP contribution in [0, 0.1) is 5.41 Å². The summed E-state index contributed by atoms with van der Waals surface area (Å²) < 4.78 is 30.9. The van der Waals surface area contributed by atoms with Gasteiger partial charge in [0, 0.05) is 13.1 Å². The number of aromatic nitrogens is 1. The lowest BCUT2D eigenvalue weighted by Gasteiger charge is -2.17. The first-order valence-corrected chi connectivity index (χ1v) is 7.58. The van der Waals surface area contributed by atoms with Crippen molar-refractivity contribution in [2.45, 2.75) is 25.7 Å². The molecule has 0 radical (unpaired) electrons. The first-order chi connectivity index (χ1) is 8.60. The Morgan fingerprint density at radius 3 is 2.47 bits per heavy atom. The summed E-state index contributed by atoms with van der Waals surface area (Å²) in [5.41, 5.74) is 0.549. The second-order valence-corrected chi connectivity index (χ2v) is 7.87. The van der Waals surface area contributed by atoms with Gasteiger partial charge < -0.3 is 4.42 Å². The molecule has 0 aliphatic heterocycles. The minimum Gasteiger partial charge on any atom is -0.408 e. The van der Waals surface area contributed by atoms with Gasteiger partial charge in [-0.25, -0.2) is 13.2 Å². The Labute approximate surface area is 111 Å². The van der Waals surface area contributed by atoms with E-state index in [4.69, 9.17) is 4.42 Å². The van der Waals surface area contributed by atoms with E-state index < -0.39 is 15.6 Å². The molecule has 0 N–H and O–H groups in total. The van der Waals surface area contributed by atoms with Crippen LogP contribution in [0.1, 0.15) is 20.8 Å². The Hall–Kier alpha value is -1.56. The fourth-order valence-corrected chi connectivity index (χ4v) is 3.83. The van der Waals surface area contributed by atoms with E-state index in [1.165, 1.54) is 16.7 Å². The molecule has 0 saturated heterocycles. The largest absolute Gasteiger partial charge is 0.419 e. The van der Waals surface area contributed by atoms with Gasteiger partial charge >= 0.3 is 5.76 Å². The predicted octanol–water partition coefficient (Wildman–Crippen LogP) is 1.95. The molecule has 0 atom stereocenters. The molecule has 1 aromatic heterocycles. The molecule has 2 aromatic rings. The standard InChI is InChI=1S/C13H17NO4S/c1-13(2,3)8-19(16,17)9-5-6-10-11(7-9)18-12(15)14(10)4/h5-7H,8H2,1-4H3. The molecular weight excluding hydrogens is 266 g/mol. The van der Waals surface area contributed by atoms with Crippen molar-refractivity contribution in [2.75, 3.05) is 5.75 Å². The second-order valence-electron chi connectivity index (χ2n) is 5.88. The highest BCUT2D eigenvalue weighted by Crippen LogP contribution is 2.24. The van der Waals surface area contributed by atoms with E-state index in [1.807, 2.05) is 20.8 Å². The van der Waals surface area contributed by atoms with Crippen LogP contribution in [-0.2, 0) is 16.9 Å². The van der Waals surface area contributed by atoms with Gasteiger partial charge in [-0.05, 0) is 17.5 Å². The van der Waals surface area contributed by atoms with Crippen molar-refractivity contribution >= 4 is 20.9 Å². The first kappa shape index (κ1) is 13.9. The molecule has 0 amide bonds. The SMILES string of the molecule is Cn1c(=O)oc2cc(S(=O)(=O)CC(C)(C)C)ccc21. The molecule has 0 fully saturated rings. The predicted molar refractivity (Wildman–Crippen MR) is 73.0 cm³/mol. The highest BCUT2D eigenvalue weighted by molar-refractivity contribution is 7.91. The molecule has 0 bridgehead atoms. The molecule has 0 saturated carbocycles. The molecule has 0 aliphatic carbocycles. The second kappa shape index (κ2) is 4.23. The number of nitrogens with zero attached hydrogens (tertiary/aromatic N) is 1. The minimum atomic E-state index is -3.38. The van der Waals surface area contributed by atoms with Gasteiger partial charge in [0.15, 0.2) is 15.4 Å². The van der Waals surface area contributed by atoms with E-state index in [-0.39, 0.29) is 16.1 Å².